The van der Waals surface area contributed by atoms with Crippen molar-refractivity contribution in [3.05, 3.63) is 51.8 Å². The van der Waals surface area contributed by atoms with Gasteiger partial charge in [0.15, 0.2) is 0 Å². The molecule has 1 unspecified atom stereocenters. The average Bonchev–Trinajstić information content (AvgIpc) is 2.62. The first-order valence-corrected chi connectivity index (χ1v) is 9.46. The Hall–Kier alpha value is -2.64. The monoisotopic (exact) mass is 419 g/mol. The zero-order chi connectivity index (χ0) is 21.9. The Labute approximate surface area is 175 Å². The normalized spacial score (nSPS) is 12.5. The van der Waals surface area contributed by atoms with Gasteiger partial charge in [0.05, 0.1) is 12.5 Å². The molecule has 0 saturated carbocycles. The molecule has 0 bridgehead atoms. The second kappa shape index (κ2) is 8.80. The van der Waals surface area contributed by atoms with Crippen LogP contribution in [0.15, 0.2) is 24.4 Å². The number of nitrogens with one attached hydrogen (secondary N) is 1. The van der Waals surface area contributed by atoms with Gasteiger partial charge in [0.2, 0.25) is 5.91 Å². The van der Waals surface area contributed by atoms with Crippen LogP contribution in [0.1, 0.15) is 61.0 Å². The number of phenols is 1. The number of nitrogens with zero attached hydrogens (tertiary/aromatic N) is 1. The highest BCUT2D eigenvalue weighted by Crippen LogP contribution is 2.34. The summed E-state index contributed by atoms with van der Waals surface area (Å²) < 4.78 is 5.25. The lowest BCUT2D eigenvalue weighted by molar-refractivity contribution is -0.115. The van der Waals surface area contributed by atoms with Gasteiger partial charge < -0.3 is 20.9 Å². The summed E-state index contributed by atoms with van der Waals surface area (Å²) in [5, 5.41) is 13.7. The Morgan fingerprint density at radius 2 is 2.00 bits per heavy atom. The van der Waals surface area contributed by atoms with Gasteiger partial charge in [-0.2, -0.15) is 0 Å². The fourth-order valence-corrected chi connectivity index (χ4v) is 3.38. The van der Waals surface area contributed by atoms with Gasteiger partial charge >= 0.3 is 0 Å². The van der Waals surface area contributed by atoms with Crippen LogP contribution in [0.2, 0.25) is 5.02 Å². The molecule has 2 aromatic rings. The Morgan fingerprint density at radius 3 is 2.55 bits per heavy atom. The number of halogens is 1. The minimum Gasteiger partial charge on any atom is -0.507 e. The highest BCUT2D eigenvalue weighted by Gasteiger charge is 2.26. The van der Waals surface area contributed by atoms with E-state index in [1.165, 1.54) is 19.4 Å². The average molecular weight is 420 g/mol. The van der Waals surface area contributed by atoms with Crippen molar-refractivity contribution in [1.29, 1.82) is 0 Å². The van der Waals surface area contributed by atoms with E-state index in [4.69, 9.17) is 22.1 Å². The lowest BCUT2D eigenvalue weighted by Gasteiger charge is -2.24. The standard InChI is InChI=1S/C21H26ClN3O4/c1-11(29-5)14-10-13(22)8-12(19(14)27)9-16(26)25-15-6-7-24-18(20(23)28)17(15)21(2,3)4/h6-8,10-11,27H,9H2,1-5H3,(H2,23,28)(H,24,25,26). The molecule has 4 N–H and O–H groups in total. The lowest BCUT2D eigenvalue weighted by atomic mass is 9.84. The molecular weight excluding hydrogens is 394 g/mol. The first kappa shape index (κ1) is 22.6. The lowest BCUT2D eigenvalue weighted by Crippen LogP contribution is -2.26. The molecule has 156 valence electrons. The van der Waals surface area contributed by atoms with Gasteiger partial charge in [-0.15, -0.1) is 0 Å². The van der Waals surface area contributed by atoms with E-state index in [1.807, 2.05) is 20.8 Å². The molecule has 2 amide bonds. The second-order valence-electron chi connectivity index (χ2n) is 7.80. The quantitative estimate of drug-likeness (QED) is 0.660. The summed E-state index contributed by atoms with van der Waals surface area (Å²) in [5.74, 6) is -1.09. The van der Waals surface area contributed by atoms with E-state index >= 15 is 0 Å². The number of ether oxygens (including phenoxy) is 1. The van der Waals surface area contributed by atoms with Gasteiger partial charge in [0.1, 0.15) is 11.4 Å². The summed E-state index contributed by atoms with van der Waals surface area (Å²) in [6.45, 7) is 7.46. The Morgan fingerprint density at radius 1 is 1.34 bits per heavy atom. The van der Waals surface area contributed by atoms with Crippen LogP contribution in [0, 0.1) is 0 Å². The predicted molar refractivity (Wildman–Crippen MR) is 112 cm³/mol. The van der Waals surface area contributed by atoms with Crippen LogP contribution in [-0.4, -0.2) is 29.0 Å². The summed E-state index contributed by atoms with van der Waals surface area (Å²) >= 11 is 6.15. The molecule has 1 heterocycles. The first-order chi connectivity index (χ1) is 13.5. The minimum atomic E-state index is -0.670. The zero-order valence-corrected chi connectivity index (χ0v) is 17.9. The maximum absolute atomic E-state index is 12.7. The number of aromatic nitrogens is 1. The highest BCUT2D eigenvalue weighted by molar-refractivity contribution is 6.30. The molecule has 1 atom stereocenters. The molecule has 8 heteroatoms. The van der Waals surface area contributed by atoms with Crippen LogP contribution in [-0.2, 0) is 21.4 Å². The molecule has 0 radical (unpaired) electrons. The number of pyridine rings is 1. The molecular formula is C21H26ClN3O4. The van der Waals surface area contributed by atoms with Crippen molar-refractivity contribution in [2.24, 2.45) is 5.73 Å². The minimum absolute atomic E-state index is 0.0394. The third kappa shape index (κ3) is 5.25. The number of primary amides is 1. The van der Waals surface area contributed by atoms with Gasteiger partial charge in [-0.3, -0.25) is 14.6 Å². The van der Waals surface area contributed by atoms with Gasteiger partial charge in [-0.05, 0) is 30.5 Å². The number of carbonyl (C=O) groups is 2. The van der Waals surface area contributed by atoms with Crippen LogP contribution in [0.4, 0.5) is 5.69 Å². The molecule has 7 nitrogen and oxygen atoms in total. The van der Waals surface area contributed by atoms with E-state index in [-0.39, 0.29) is 29.9 Å². The van der Waals surface area contributed by atoms with Crippen molar-refractivity contribution in [2.45, 2.75) is 45.6 Å². The summed E-state index contributed by atoms with van der Waals surface area (Å²) in [5.41, 5.74) is 6.94. The van der Waals surface area contributed by atoms with E-state index in [1.54, 1.807) is 19.1 Å². The van der Waals surface area contributed by atoms with Crippen LogP contribution in [0.5, 0.6) is 5.75 Å². The summed E-state index contributed by atoms with van der Waals surface area (Å²) in [6.07, 6.45) is 0.912. The number of hydrogen-bond donors (Lipinski definition) is 3. The van der Waals surface area contributed by atoms with Gasteiger partial charge in [0.25, 0.3) is 5.91 Å². The number of carbonyl (C=O) groups excluding carboxylic acids is 2. The van der Waals surface area contributed by atoms with Crippen molar-refractivity contribution < 1.29 is 19.4 Å². The fourth-order valence-electron chi connectivity index (χ4n) is 3.13. The molecule has 2 rings (SSSR count). The molecule has 0 aliphatic carbocycles. The van der Waals surface area contributed by atoms with Gasteiger partial charge in [0, 0.05) is 40.7 Å². The summed E-state index contributed by atoms with van der Waals surface area (Å²) in [7, 11) is 1.52. The van der Waals surface area contributed by atoms with Crippen molar-refractivity contribution in [2.75, 3.05) is 12.4 Å². The molecule has 0 fully saturated rings. The maximum atomic E-state index is 12.7. The van der Waals surface area contributed by atoms with Gasteiger partial charge in [-0.25, -0.2) is 0 Å². The number of methoxy groups -OCH3 is 1. The zero-order valence-electron chi connectivity index (χ0n) is 17.2. The molecule has 0 aliphatic rings. The topological polar surface area (TPSA) is 115 Å². The van der Waals surface area contributed by atoms with Crippen molar-refractivity contribution in [3.63, 3.8) is 0 Å². The fraction of sp³-hybridized carbons (Fsp3) is 0.381. The van der Waals surface area contributed by atoms with Crippen molar-refractivity contribution in [1.82, 2.24) is 4.98 Å². The van der Waals surface area contributed by atoms with E-state index in [9.17, 15) is 14.7 Å². The smallest absolute Gasteiger partial charge is 0.267 e. The van der Waals surface area contributed by atoms with Crippen LogP contribution >= 0.6 is 11.6 Å². The highest BCUT2D eigenvalue weighted by atomic mass is 35.5. The Bertz CT molecular complexity index is 938. The number of benzene rings is 1. The number of phenolic OH excluding ortho intramolecular Hbond substituents is 1. The molecule has 1 aromatic carbocycles. The third-order valence-corrected chi connectivity index (χ3v) is 4.75. The SMILES string of the molecule is COC(C)c1cc(Cl)cc(CC(=O)Nc2ccnc(C(N)=O)c2C(C)(C)C)c1O. The van der Waals surface area contributed by atoms with E-state index < -0.39 is 11.3 Å². The number of rotatable bonds is 6. The molecule has 29 heavy (non-hydrogen) atoms. The number of aromatic hydroxyl groups is 1. The van der Waals surface area contributed by atoms with E-state index in [0.717, 1.165) is 0 Å². The number of hydrogen-bond acceptors (Lipinski definition) is 5. The number of amides is 2. The Balaban J connectivity index is 2.37. The van der Waals surface area contributed by atoms with Crippen molar-refractivity contribution >= 4 is 29.1 Å². The number of nitrogens with two attached hydrogens (primary N) is 1. The van der Waals surface area contributed by atoms with Crippen LogP contribution < -0.4 is 11.1 Å². The van der Waals surface area contributed by atoms with Crippen LogP contribution in [0.3, 0.4) is 0 Å². The van der Waals surface area contributed by atoms with Crippen LogP contribution in [0.25, 0.3) is 0 Å². The molecule has 0 aliphatic heterocycles. The maximum Gasteiger partial charge on any atom is 0.267 e. The molecule has 1 aromatic heterocycles. The molecule has 0 saturated heterocycles. The summed E-state index contributed by atoms with van der Waals surface area (Å²) in [6, 6.07) is 4.75. The predicted octanol–water partition coefficient (Wildman–Crippen LogP) is 3.73. The van der Waals surface area contributed by atoms with E-state index in [0.29, 0.717) is 27.4 Å². The van der Waals surface area contributed by atoms with Crippen molar-refractivity contribution in [3.8, 4) is 5.75 Å². The number of anilines is 1. The van der Waals surface area contributed by atoms with Gasteiger partial charge in [-0.1, -0.05) is 32.4 Å². The first-order valence-electron chi connectivity index (χ1n) is 9.09. The largest absolute Gasteiger partial charge is 0.507 e. The van der Waals surface area contributed by atoms with E-state index in [2.05, 4.69) is 10.3 Å². The summed E-state index contributed by atoms with van der Waals surface area (Å²) in [4.78, 5) is 28.6. The Kier molecular flexibility index (Phi) is 6.87. The molecule has 0 spiro atoms. The third-order valence-electron chi connectivity index (χ3n) is 4.53. The second-order valence-corrected chi connectivity index (χ2v) is 8.24.